The Bertz CT molecular complexity index is 227. The van der Waals surface area contributed by atoms with Gasteiger partial charge in [0.25, 0.3) is 10.1 Å². The summed E-state index contributed by atoms with van der Waals surface area (Å²) in [7, 11) is -2.03. The van der Waals surface area contributed by atoms with E-state index < -0.39 is 16.1 Å². The van der Waals surface area contributed by atoms with Crippen LogP contribution in [0.25, 0.3) is 0 Å². The van der Waals surface area contributed by atoms with Gasteiger partial charge in [0.1, 0.15) is 0 Å². The molecule has 0 aromatic rings. The molecule has 5 nitrogen and oxygen atoms in total. The van der Waals surface area contributed by atoms with Crippen molar-refractivity contribution in [3.05, 3.63) is 0 Å². The van der Waals surface area contributed by atoms with Gasteiger partial charge in [-0.3, -0.25) is 4.55 Å². The summed E-state index contributed by atoms with van der Waals surface area (Å²) >= 11 is 0. The highest BCUT2D eigenvalue weighted by molar-refractivity contribution is 7.85. The van der Waals surface area contributed by atoms with E-state index in [9.17, 15) is 8.42 Å². The first-order valence-electron chi connectivity index (χ1n) is 4.67. The molecule has 0 saturated carbocycles. The molecule has 0 aromatic carbocycles. The van der Waals surface area contributed by atoms with Gasteiger partial charge < -0.3 is 9.64 Å². The highest BCUT2D eigenvalue weighted by Gasteiger charge is 2.04. The Morgan fingerprint density at radius 3 is 2.50 bits per heavy atom. The lowest BCUT2D eigenvalue weighted by Crippen LogP contribution is -2.25. The Labute approximate surface area is 85.8 Å². The summed E-state index contributed by atoms with van der Waals surface area (Å²) in [6.07, 6.45) is 2.25. The molecule has 1 N–H and O–H groups in total. The number of likely N-dealkylation sites (N-methyl/N-ethyl adjacent to an activating group) is 1. The Hall–Kier alpha value is -0.170. The van der Waals surface area contributed by atoms with E-state index in [2.05, 4.69) is 11.8 Å². The van der Waals surface area contributed by atoms with Gasteiger partial charge in [-0.25, -0.2) is 0 Å². The molecule has 0 aliphatic carbocycles. The van der Waals surface area contributed by atoms with E-state index in [0.29, 0.717) is 13.2 Å². The van der Waals surface area contributed by atoms with Crippen LogP contribution in [0.4, 0.5) is 0 Å². The van der Waals surface area contributed by atoms with Crippen molar-refractivity contribution < 1.29 is 17.7 Å². The standard InChI is InChI=1S/C8H19NO4S/c1-3-4-5-9(2)6-7-13-8-14(10,11)12/h3-8H2,1-2H3,(H,10,11,12). The van der Waals surface area contributed by atoms with Gasteiger partial charge >= 0.3 is 0 Å². The zero-order valence-electron chi connectivity index (χ0n) is 8.77. The van der Waals surface area contributed by atoms with Crippen molar-refractivity contribution in [2.75, 3.05) is 32.7 Å². The fraction of sp³-hybridized carbons (Fsp3) is 1.00. The summed E-state index contributed by atoms with van der Waals surface area (Å²) in [5.41, 5.74) is 0. The van der Waals surface area contributed by atoms with Crippen molar-refractivity contribution in [3.63, 3.8) is 0 Å². The third-order valence-electron chi connectivity index (χ3n) is 1.74. The molecule has 0 heterocycles. The summed E-state index contributed by atoms with van der Waals surface area (Å²) in [6.45, 7) is 4.09. The van der Waals surface area contributed by atoms with Gasteiger partial charge in [0, 0.05) is 6.54 Å². The van der Waals surface area contributed by atoms with Crippen LogP contribution in [0.2, 0.25) is 0 Å². The van der Waals surface area contributed by atoms with Crippen LogP contribution >= 0.6 is 0 Å². The fourth-order valence-corrected chi connectivity index (χ4v) is 1.25. The van der Waals surface area contributed by atoms with Crippen molar-refractivity contribution in [1.29, 1.82) is 0 Å². The molecule has 0 spiro atoms. The van der Waals surface area contributed by atoms with Crippen LogP contribution in [-0.2, 0) is 14.9 Å². The molecule has 6 heteroatoms. The Morgan fingerprint density at radius 2 is 2.00 bits per heavy atom. The molecule has 14 heavy (non-hydrogen) atoms. The normalized spacial score (nSPS) is 12.3. The Balaban J connectivity index is 3.36. The molecule has 0 bridgehead atoms. The third kappa shape index (κ3) is 9.91. The number of hydrogen-bond acceptors (Lipinski definition) is 4. The van der Waals surface area contributed by atoms with E-state index in [1.54, 1.807) is 0 Å². The second-order valence-corrected chi connectivity index (χ2v) is 4.66. The van der Waals surface area contributed by atoms with Crippen molar-refractivity contribution in [2.45, 2.75) is 19.8 Å². The summed E-state index contributed by atoms with van der Waals surface area (Å²) in [5.74, 6) is -0.616. The summed E-state index contributed by atoms with van der Waals surface area (Å²) in [6, 6.07) is 0. The van der Waals surface area contributed by atoms with Gasteiger partial charge in [0.2, 0.25) is 0 Å². The minimum atomic E-state index is -3.98. The van der Waals surface area contributed by atoms with Gasteiger partial charge in [-0.1, -0.05) is 13.3 Å². The first-order chi connectivity index (χ1) is 6.45. The monoisotopic (exact) mass is 225 g/mol. The predicted molar refractivity (Wildman–Crippen MR) is 54.8 cm³/mol. The maximum atomic E-state index is 10.3. The maximum Gasteiger partial charge on any atom is 0.289 e. The minimum absolute atomic E-state index is 0.319. The van der Waals surface area contributed by atoms with Crippen LogP contribution in [0.3, 0.4) is 0 Å². The van der Waals surface area contributed by atoms with E-state index in [1.807, 2.05) is 7.05 Å². The molecule has 0 rings (SSSR count). The van der Waals surface area contributed by atoms with Gasteiger partial charge in [-0.15, -0.1) is 0 Å². The van der Waals surface area contributed by atoms with E-state index in [4.69, 9.17) is 9.29 Å². The second kappa shape index (κ2) is 7.17. The molecule has 0 saturated heterocycles. The van der Waals surface area contributed by atoms with Crippen LogP contribution < -0.4 is 0 Å². The largest absolute Gasteiger partial charge is 0.362 e. The molecule has 0 aromatic heterocycles. The van der Waals surface area contributed by atoms with Crippen molar-refractivity contribution in [3.8, 4) is 0 Å². The quantitative estimate of drug-likeness (QED) is 0.483. The van der Waals surface area contributed by atoms with Crippen molar-refractivity contribution >= 4 is 10.1 Å². The Morgan fingerprint density at radius 1 is 1.36 bits per heavy atom. The van der Waals surface area contributed by atoms with Gasteiger partial charge in [-0.05, 0) is 20.0 Å². The Kier molecular flexibility index (Phi) is 7.08. The smallest absolute Gasteiger partial charge is 0.289 e. The zero-order valence-corrected chi connectivity index (χ0v) is 9.59. The molecular weight excluding hydrogens is 206 g/mol. The van der Waals surface area contributed by atoms with E-state index in [0.717, 1.165) is 19.4 Å². The number of rotatable bonds is 8. The summed E-state index contributed by atoms with van der Waals surface area (Å²) < 4.78 is 33.7. The number of unbranched alkanes of at least 4 members (excludes halogenated alkanes) is 1. The second-order valence-electron chi connectivity index (χ2n) is 3.26. The highest BCUT2D eigenvalue weighted by Crippen LogP contribution is 1.92. The van der Waals surface area contributed by atoms with Crippen LogP contribution in [0, 0.1) is 0 Å². The van der Waals surface area contributed by atoms with Gasteiger partial charge in [0.05, 0.1) is 6.61 Å². The first kappa shape index (κ1) is 13.8. The van der Waals surface area contributed by atoms with E-state index in [-0.39, 0.29) is 0 Å². The lowest BCUT2D eigenvalue weighted by atomic mass is 10.3. The average molecular weight is 225 g/mol. The van der Waals surface area contributed by atoms with Crippen LogP contribution in [0.15, 0.2) is 0 Å². The molecule has 0 aliphatic rings. The molecule has 0 atom stereocenters. The van der Waals surface area contributed by atoms with Crippen LogP contribution in [-0.4, -0.2) is 50.6 Å². The van der Waals surface area contributed by atoms with E-state index >= 15 is 0 Å². The number of hydrogen-bond donors (Lipinski definition) is 1. The first-order valence-corrected chi connectivity index (χ1v) is 6.28. The van der Waals surface area contributed by atoms with E-state index in [1.165, 1.54) is 0 Å². The molecule has 0 unspecified atom stereocenters. The van der Waals surface area contributed by atoms with Crippen molar-refractivity contribution in [2.24, 2.45) is 0 Å². The molecule has 0 aliphatic heterocycles. The predicted octanol–water partition coefficient (Wildman–Crippen LogP) is 0.580. The molecule has 0 fully saturated rings. The SMILES string of the molecule is CCCCN(C)CCOCS(=O)(=O)O. The minimum Gasteiger partial charge on any atom is -0.362 e. The number of ether oxygens (including phenoxy) is 1. The lowest BCUT2D eigenvalue weighted by Gasteiger charge is -2.15. The topological polar surface area (TPSA) is 66.8 Å². The lowest BCUT2D eigenvalue weighted by molar-refractivity contribution is 0.140. The van der Waals surface area contributed by atoms with Gasteiger partial charge in [0.15, 0.2) is 5.94 Å². The molecule has 86 valence electrons. The fourth-order valence-electron chi connectivity index (χ4n) is 0.924. The zero-order chi connectivity index (χ0) is 11.0. The molecule has 0 amide bonds. The average Bonchev–Trinajstić information content (AvgIpc) is 2.07. The molecular formula is C8H19NO4S. The van der Waals surface area contributed by atoms with Gasteiger partial charge in [-0.2, -0.15) is 8.42 Å². The maximum absolute atomic E-state index is 10.3. The van der Waals surface area contributed by atoms with Crippen LogP contribution in [0.5, 0.6) is 0 Å². The molecule has 0 radical (unpaired) electrons. The summed E-state index contributed by atoms with van der Waals surface area (Å²) in [4.78, 5) is 2.06. The van der Waals surface area contributed by atoms with Crippen LogP contribution in [0.1, 0.15) is 19.8 Å². The summed E-state index contributed by atoms with van der Waals surface area (Å²) in [5, 5.41) is 0. The van der Waals surface area contributed by atoms with Crippen molar-refractivity contribution in [1.82, 2.24) is 4.90 Å². The number of nitrogens with zero attached hydrogens (tertiary/aromatic N) is 1. The third-order valence-corrected chi connectivity index (χ3v) is 2.21. The highest BCUT2D eigenvalue weighted by atomic mass is 32.2.